The first kappa shape index (κ1) is 17.6. The lowest BCUT2D eigenvalue weighted by Gasteiger charge is -2.46. The first-order valence-electron chi connectivity index (χ1n) is 10.0. The van der Waals surface area contributed by atoms with Crippen LogP contribution in [0.5, 0.6) is 0 Å². The minimum Gasteiger partial charge on any atom is -0.472 e. The van der Waals surface area contributed by atoms with Crippen molar-refractivity contribution in [3.05, 3.63) is 24.2 Å². The number of fused-ring (bicyclic) bond motifs is 2. The summed E-state index contributed by atoms with van der Waals surface area (Å²) in [4.78, 5) is 28.9. The number of amides is 2. The van der Waals surface area contributed by atoms with Crippen LogP contribution in [0.1, 0.15) is 48.9 Å². The molecule has 142 valence electrons. The molecule has 0 radical (unpaired) electrons. The summed E-state index contributed by atoms with van der Waals surface area (Å²) in [6.07, 6.45) is 9.19. The van der Waals surface area contributed by atoms with Gasteiger partial charge in [-0.15, -0.1) is 0 Å². The highest BCUT2D eigenvalue weighted by atomic mass is 16.3. The predicted octanol–water partition coefficient (Wildman–Crippen LogP) is 2.12. The molecule has 4 rings (SSSR count). The van der Waals surface area contributed by atoms with Gasteiger partial charge in [-0.1, -0.05) is 0 Å². The average Bonchev–Trinajstić information content (AvgIpc) is 3.36. The summed E-state index contributed by atoms with van der Waals surface area (Å²) in [6.45, 7) is 4.48. The zero-order valence-electron chi connectivity index (χ0n) is 15.4. The summed E-state index contributed by atoms with van der Waals surface area (Å²) in [5, 5.41) is 3.68. The normalized spacial score (nSPS) is 28.4. The van der Waals surface area contributed by atoms with Crippen LogP contribution in [-0.4, -0.2) is 60.4 Å². The second-order valence-corrected chi connectivity index (χ2v) is 8.08. The van der Waals surface area contributed by atoms with Crippen molar-refractivity contribution in [2.75, 3.05) is 32.7 Å². The van der Waals surface area contributed by atoms with E-state index < -0.39 is 0 Å². The van der Waals surface area contributed by atoms with Crippen LogP contribution < -0.4 is 5.32 Å². The van der Waals surface area contributed by atoms with Crippen LogP contribution >= 0.6 is 0 Å². The summed E-state index contributed by atoms with van der Waals surface area (Å²) in [6, 6.07) is 2.16. The lowest BCUT2D eigenvalue weighted by molar-refractivity contribution is -0.130. The van der Waals surface area contributed by atoms with Gasteiger partial charge in [-0.25, -0.2) is 0 Å². The molecule has 26 heavy (non-hydrogen) atoms. The molecule has 6 nitrogen and oxygen atoms in total. The summed E-state index contributed by atoms with van der Waals surface area (Å²) < 4.78 is 5.06. The van der Waals surface area contributed by atoms with Gasteiger partial charge < -0.3 is 19.5 Å². The number of nitrogens with zero attached hydrogens (tertiary/aromatic N) is 2. The Balaban J connectivity index is 1.28. The van der Waals surface area contributed by atoms with Gasteiger partial charge in [0.2, 0.25) is 5.91 Å². The second-order valence-electron chi connectivity index (χ2n) is 8.08. The first-order valence-corrected chi connectivity index (χ1v) is 10.0. The number of rotatable bonds is 5. The summed E-state index contributed by atoms with van der Waals surface area (Å²) in [7, 11) is 0. The van der Waals surface area contributed by atoms with Gasteiger partial charge in [0.1, 0.15) is 6.26 Å². The Kier molecular flexibility index (Phi) is 5.29. The van der Waals surface area contributed by atoms with Crippen molar-refractivity contribution in [1.29, 1.82) is 0 Å². The molecule has 1 aromatic rings. The molecule has 0 saturated carbocycles. The maximum absolute atomic E-state index is 12.6. The van der Waals surface area contributed by atoms with Gasteiger partial charge in [-0.3, -0.25) is 9.59 Å². The first-order chi connectivity index (χ1) is 12.7. The molecule has 3 fully saturated rings. The summed E-state index contributed by atoms with van der Waals surface area (Å²) in [5.41, 5.74) is 0.644. The lowest BCUT2D eigenvalue weighted by Crippen LogP contribution is -2.57. The highest BCUT2D eigenvalue weighted by molar-refractivity contribution is 5.93. The lowest BCUT2D eigenvalue weighted by atomic mass is 9.79. The molecule has 2 amide bonds. The molecule has 2 unspecified atom stereocenters. The van der Waals surface area contributed by atoms with Crippen LogP contribution in [0.25, 0.3) is 0 Å². The van der Waals surface area contributed by atoms with E-state index in [1.165, 1.54) is 12.7 Å². The average molecular weight is 359 g/mol. The van der Waals surface area contributed by atoms with Crippen molar-refractivity contribution in [2.45, 2.75) is 44.6 Å². The third-order valence-electron chi connectivity index (χ3n) is 6.23. The molecule has 3 aliphatic heterocycles. The monoisotopic (exact) mass is 359 g/mol. The molecule has 2 bridgehead atoms. The van der Waals surface area contributed by atoms with Crippen LogP contribution in [0.3, 0.4) is 0 Å². The largest absolute Gasteiger partial charge is 0.472 e. The minimum absolute atomic E-state index is 0.0818. The number of carbonyl (C=O) groups excluding carboxylic acids is 2. The molecule has 3 saturated heterocycles. The van der Waals surface area contributed by atoms with E-state index in [0.29, 0.717) is 35.8 Å². The Morgan fingerprint density at radius 1 is 1.19 bits per heavy atom. The van der Waals surface area contributed by atoms with Crippen molar-refractivity contribution in [2.24, 2.45) is 11.8 Å². The molecule has 0 aromatic carbocycles. The highest BCUT2D eigenvalue weighted by Gasteiger charge is 2.38. The third-order valence-corrected chi connectivity index (χ3v) is 6.23. The number of furan rings is 1. The highest BCUT2D eigenvalue weighted by Crippen LogP contribution is 2.31. The standard InChI is InChI=1S/C20H29N3O3/c24-19(22-7-1-2-8-22)5-3-4-18-17-10-15(11-21-18)12-23(13-17)20(25)16-6-9-26-14-16/h6,9,14-15,17-18,21H,1-5,7-8,10-13H2/t15?,17?,18-/m1/s1. The van der Waals surface area contributed by atoms with Crippen LogP contribution in [0.15, 0.2) is 23.0 Å². The van der Waals surface area contributed by atoms with Gasteiger partial charge in [0.25, 0.3) is 5.91 Å². The molecule has 3 aliphatic rings. The van der Waals surface area contributed by atoms with Crippen LogP contribution in [0, 0.1) is 11.8 Å². The number of likely N-dealkylation sites (tertiary alicyclic amines) is 2. The van der Waals surface area contributed by atoms with Gasteiger partial charge in [-0.05, 0) is 56.6 Å². The van der Waals surface area contributed by atoms with E-state index in [0.717, 1.165) is 58.4 Å². The molecule has 1 aromatic heterocycles. The van der Waals surface area contributed by atoms with E-state index in [9.17, 15) is 9.59 Å². The summed E-state index contributed by atoms with van der Waals surface area (Å²) in [5.74, 6) is 1.42. The Bertz CT molecular complexity index is 624. The van der Waals surface area contributed by atoms with Gasteiger partial charge >= 0.3 is 0 Å². The fraction of sp³-hybridized carbons (Fsp3) is 0.700. The molecule has 1 N–H and O–H groups in total. The summed E-state index contributed by atoms with van der Waals surface area (Å²) >= 11 is 0. The molecular formula is C20H29N3O3. The molecule has 6 heteroatoms. The Morgan fingerprint density at radius 2 is 2.04 bits per heavy atom. The topological polar surface area (TPSA) is 65.8 Å². The Labute approximate surface area is 154 Å². The smallest absolute Gasteiger partial charge is 0.257 e. The van der Waals surface area contributed by atoms with E-state index in [1.54, 1.807) is 12.3 Å². The van der Waals surface area contributed by atoms with Crippen molar-refractivity contribution in [3.63, 3.8) is 0 Å². The van der Waals surface area contributed by atoms with E-state index in [-0.39, 0.29) is 5.91 Å². The quantitative estimate of drug-likeness (QED) is 0.875. The van der Waals surface area contributed by atoms with Crippen molar-refractivity contribution in [1.82, 2.24) is 15.1 Å². The molecule has 0 aliphatic carbocycles. The number of hydrogen-bond donors (Lipinski definition) is 1. The van der Waals surface area contributed by atoms with E-state index in [1.807, 2.05) is 9.80 Å². The zero-order valence-corrected chi connectivity index (χ0v) is 15.4. The third kappa shape index (κ3) is 3.80. The van der Waals surface area contributed by atoms with Crippen molar-refractivity contribution in [3.8, 4) is 0 Å². The molecule has 3 atom stereocenters. The van der Waals surface area contributed by atoms with Gasteiger partial charge in [-0.2, -0.15) is 0 Å². The predicted molar refractivity (Wildman–Crippen MR) is 97.7 cm³/mol. The zero-order chi connectivity index (χ0) is 17.9. The van der Waals surface area contributed by atoms with Crippen LogP contribution in [-0.2, 0) is 4.79 Å². The SMILES string of the molecule is O=C(CCC[C@H]1NCC2CC1CN(C(=O)c1ccoc1)C2)N1CCCC1. The van der Waals surface area contributed by atoms with Crippen LogP contribution in [0.2, 0.25) is 0 Å². The van der Waals surface area contributed by atoms with Crippen molar-refractivity contribution < 1.29 is 14.0 Å². The molecular weight excluding hydrogens is 330 g/mol. The second kappa shape index (κ2) is 7.82. The fourth-order valence-corrected chi connectivity index (χ4v) is 4.84. The van der Waals surface area contributed by atoms with E-state index in [4.69, 9.17) is 4.42 Å². The number of nitrogens with one attached hydrogen (secondary N) is 1. The number of piperidine rings is 2. The van der Waals surface area contributed by atoms with Gasteiger partial charge in [0.05, 0.1) is 11.8 Å². The Hall–Kier alpha value is -1.82. The number of carbonyl (C=O) groups is 2. The fourth-order valence-electron chi connectivity index (χ4n) is 4.84. The van der Waals surface area contributed by atoms with Gasteiger partial charge in [0, 0.05) is 38.6 Å². The van der Waals surface area contributed by atoms with E-state index in [2.05, 4.69) is 5.32 Å². The molecule has 4 heterocycles. The maximum Gasteiger partial charge on any atom is 0.257 e. The molecule has 0 spiro atoms. The van der Waals surface area contributed by atoms with Gasteiger partial charge in [0.15, 0.2) is 0 Å². The number of hydrogen-bond acceptors (Lipinski definition) is 4. The minimum atomic E-state index is 0.0818. The van der Waals surface area contributed by atoms with E-state index >= 15 is 0 Å². The Morgan fingerprint density at radius 3 is 2.81 bits per heavy atom. The maximum atomic E-state index is 12.6. The van der Waals surface area contributed by atoms with Crippen molar-refractivity contribution >= 4 is 11.8 Å². The van der Waals surface area contributed by atoms with Crippen LogP contribution in [0.4, 0.5) is 0 Å².